The summed E-state index contributed by atoms with van der Waals surface area (Å²) in [6.45, 7) is 3.96. The normalized spacial score (nSPS) is 18.6. The van der Waals surface area contributed by atoms with Crippen molar-refractivity contribution in [3.8, 4) is 17.0 Å². The average Bonchev–Trinajstić information content (AvgIpc) is 3.05. The lowest BCUT2D eigenvalue weighted by atomic mass is 10.1. The third-order valence-corrected chi connectivity index (χ3v) is 3.89. The molecule has 3 N–H and O–H groups in total. The number of benzene rings is 1. The predicted octanol–water partition coefficient (Wildman–Crippen LogP) is 1.93. The first-order valence-corrected chi connectivity index (χ1v) is 6.89. The van der Waals surface area contributed by atoms with E-state index in [0.29, 0.717) is 0 Å². The summed E-state index contributed by atoms with van der Waals surface area (Å²) in [6.07, 6.45) is 1.03. The Bertz CT molecular complexity index is 590. The fourth-order valence-corrected chi connectivity index (χ4v) is 2.71. The van der Waals surface area contributed by atoms with E-state index in [9.17, 15) is 0 Å². The third kappa shape index (κ3) is 2.25. The second kappa shape index (κ2) is 5.17. The molecule has 0 aliphatic carbocycles. The summed E-state index contributed by atoms with van der Waals surface area (Å²) < 4.78 is 5.19. The van der Waals surface area contributed by atoms with E-state index < -0.39 is 0 Å². The Kier molecular flexibility index (Phi) is 3.36. The van der Waals surface area contributed by atoms with Gasteiger partial charge in [-0.05, 0) is 37.6 Å². The number of aromatic amines is 1. The molecule has 1 aromatic carbocycles. The summed E-state index contributed by atoms with van der Waals surface area (Å²) in [7, 11) is 1.67. The van der Waals surface area contributed by atoms with Gasteiger partial charge in [0, 0.05) is 30.3 Å². The Morgan fingerprint density at radius 2 is 2.10 bits per heavy atom. The Morgan fingerprint density at radius 3 is 2.70 bits per heavy atom. The molecule has 0 amide bonds. The van der Waals surface area contributed by atoms with Crippen LogP contribution in [-0.4, -0.2) is 36.4 Å². The molecule has 0 bridgehead atoms. The highest BCUT2D eigenvalue weighted by Gasteiger charge is 2.23. The summed E-state index contributed by atoms with van der Waals surface area (Å²) in [4.78, 5) is 2.25. The predicted molar refractivity (Wildman–Crippen MR) is 80.1 cm³/mol. The van der Waals surface area contributed by atoms with Gasteiger partial charge in [-0.1, -0.05) is 0 Å². The van der Waals surface area contributed by atoms with Gasteiger partial charge in [0.15, 0.2) is 5.82 Å². The molecule has 1 aliphatic heterocycles. The third-order valence-electron chi connectivity index (χ3n) is 3.89. The molecule has 1 aliphatic rings. The monoisotopic (exact) mass is 272 g/mol. The van der Waals surface area contributed by atoms with Crippen LogP contribution in [0.25, 0.3) is 11.3 Å². The molecule has 2 heterocycles. The fraction of sp³-hybridized carbons (Fsp3) is 0.400. The second-order valence-corrected chi connectivity index (χ2v) is 5.27. The van der Waals surface area contributed by atoms with Gasteiger partial charge in [-0.15, -0.1) is 0 Å². The number of rotatable bonds is 3. The largest absolute Gasteiger partial charge is 0.497 e. The molecular formula is C15H20N4O. The van der Waals surface area contributed by atoms with Crippen LogP contribution in [0.3, 0.4) is 0 Å². The van der Waals surface area contributed by atoms with Crippen LogP contribution in [0, 0.1) is 6.92 Å². The van der Waals surface area contributed by atoms with Crippen LogP contribution in [0.4, 0.5) is 5.82 Å². The number of nitrogens with two attached hydrogens (primary N) is 1. The maximum atomic E-state index is 5.97. The molecule has 0 spiro atoms. The van der Waals surface area contributed by atoms with Gasteiger partial charge in [0.25, 0.3) is 0 Å². The standard InChI is InChI=1S/C15H20N4O/c1-10-14(11-3-5-13(20-2)6-4-11)17-18-15(10)19-8-7-12(16)9-19/h3-6,12H,7-9,16H2,1-2H3,(H,17,18). The van der Waals surface area contributed by atoms with E-state index in [1.807, 2.05) is 24.3 Å². The van der Waals surface area contributed by atoms with Gasteiger partial charge in [0.05, 0.1) is 12.8 Å². The van der Waals surface area contributed by atoms with Crippen LogP contribution in [0.5, 0.6) is 5.75 Å². The van der Waals surface area contributed by atoms with Gasteiger partial charge in [0.1, 0.15) is 5.75 Å². The molecule has 0 saturated carbocycles. The maximum Gasteiger partial charge on any atom is 0.153 e. The van der Waals surface area contributed by atoms with E-state index in [0.717, 1.165) is 42.3 Å². The minimum atomic E-state index is 0.260. The summed E-state index contributed by atoms with van der Waals surface area (Å²) >= 11 is 0. The minimum absolute atomic E-state index is 0.260. The SMILES string of the molecule is COc1ccc(-c2[nH]nc(N3CCC(N)C3)c2C)cc1. The van der Waals surface area contributed by atoms with Crippen molar-refractivity contribution in [3.63, 3.8) is 0 Å². The highest BCUT2D eigenvalue weighted by Crippen LogP contribution is 2.30. The zero-order valence-electron chi connectivity index (χ0n) is 11.9. The highest BCUT2D eigenvalue weighted by molar-refractivity contribution is 5.69. The van der Waals surface area contributed by atoms with E-state index in [2.05, 4.69) is 22.0 Å². The molecule has 1 fully saturated rings. The number of nitrogens with zero attached hydrogens (tertiary/aromatic N) is 2. The van der Waals surface area contributed by atoms with Crippen molar-refractivity contribution >= 4 is 5.82 Å². The van der Waals surface area contributed by atoms with E-state index in [1.54, 1.807) is 7.11 Å². The second-order valence-electron chi connectivity index (χ2n) is 5.27. The van der Waals surface area contributed by atoms with Gasteiger partial charge >= 0.3 is 0 Å². The average molecular weight is 272 g/mol. The number of anilines is 1. The van der Waals surface area contributed by atoms with E-state index in [-0.39, 0.29) is 6.04 Å². The van der Waals surface area contributed by atoms with Crippen molar-refractivity contribution in [2.24, 2.45) is 5.73 Å². The quantitative estimate of drug-likeness (QED) is 0.896. The van der Waals surface area contributed by atoms with Crippen molar-refractivity contribution in [2.45, 2.75) is 19.4 Å². The van der Waals surface area contributed by atoms with Gasteiger partial charge in [0.2, 0.25) is 0 Å². The number of nitrogens with one attached hydrogen (secondary N) is 1. The fourth-order valence-electron chi connectivity index (χ4n) is 2.71. The summed E-state index contributed by atoms with van der Waals surface area (Å²) in [5, 5.41) is 7.61. The summed E-state index contributed by atoms with van der Waals surface area (Å²) in [5.74, 6) is 1.88. The van der Waals surface area contributed by atoms with Gasteiger partial charge < -0.3 is 15.4 Å². The number of aromatic nitrogens is 2. The molecule has 106 valence electrons. The molecule has 0 radical (unpaired) electrons. The van der Waals surface area contributed by atoms with Crippen molar-refractivity contribution in [1.29, 1.82) is 0 Å². The topological polar surface area (TPSA) is 67.2 Å². The molecule has 2 aromatic rings. The first-order chi connectivity index (χ1) is 9.69. The Balaban J connectivity index is 1.89. The van der Waals surface area contributed by atoms with E-state index in [4.69, 9.17) is 10.5 Å². The minimum Gasteiger partial charge on any atom is -0.497 e. The van der Waals surface area contributed by atoms with Crippen molar-refractivity contribution in [3.05, 3.63) is 29.8 Å². The number of H-pyrrole nitrogens is 1. The molecule has 1 atom stereocenters. The molecule has 3 rings (SSSR count). The van der Waals surface area contributed by atoms with Crippen LogP contribution in [0.2, 0.25) is 0 Å². The lowest BCUT2D eigenvalue weighted by Crippen LogP contribution is -2.26. The Morgan fingerprint density at radius 1 is 1.35 bits per heavy atom. The molecule has 1 unspecified atom stereocenters. The zero-order valence-corrected chi connectivity index (χ0v) is 11.9. The maximum absolute atomic E-state index is 5.97. The Labute approximate surface area is 118 Å². The first-order valence-electron chi connectivity index (χ1n) is 6.89. The molecule has 20 heavy (non-hydrogen) atoms. The summed E-state index contributed by atoms with van der Waals surface area (Å²) in [5.41, 5.74) is 9.31. The highest BCUT2D eigenvalue weighted by atomic mass is 16.5. The zero-order chi connectivity index (χ0) is 14.1. The lowest BCUT2D eigenvalue weighted by Gasteiger charge is -2.15. The van der Waals surface area contributed by atoms with Crippen LogP contribution in [0.1, 0.15) is 12.0 Å². The van der Waals surface area contributed by atoms with Crippen LogP contribution in [0.15, 0.2) is 24.3 Å². The van der Waals surface area contributed by atoms with Gasteiger partial charge in [-0.25, -0.2) is 0 Å². The van der Waals surface area contributed by atoms with E-state index >= 15 is 0 Å². The number of methoxy groups -OCH3 is 1. The van der Waals surface area contributed by atoms with Gasteiger partial charge in [-0.2, -0.15) is 5.10 Å². The van der Waals surface area contributed by atoms with Crippen molar-refractivity contribution < 1.29 is 4.74 Å². The molecule has 5 nitrogen and oxygen atoms in total. The smallest absolute Gasteiger partial charge is 0.153 e. The Hall–Kier alpha value is -2.01. The first kappa shape index (κ1) is 13.0. The van der Waals surface area contributed by atoms with Crippen LogP contribution >= 0.6 is 0 Å². The molecule has 5 heteroatoms. The van der Waals surface area contributed by atoms with Crippen molar-refractivity contribution in [1.82, 2.24) is 10.2 Å². The number of ether oxygens (including phenoxy) is 1. The van der Waals surface area contributed by atoms with Crippen molar-refractivity contribution in [2.75, 3.05) is 25.1 Å². The molecular weight excluding hydrogens is 252 g/mol. The van der Waals surface area contributed by atoms with Crippen LogP contribution < -0.4 is 15.4 Å². The van der Waals surface area contributed by atoms with E-state index in [1.165, 1.54) is 5.56 Å². The number of hydrogen-bond donors (Lipinski definition) is 2. The molecule has 1 aromatic heterocycles. The van der Waals surface area contributed by atoms with Gasteiger partial charge in [-0.3, -0.25) is 5.10 Å². The van der Waals surface area contributed by atoms with Crippen LogP contribution in [-0.2, 0) is 0 Å². The lowest BCUT2D eigenvalue weighted by molar-refractivity contribution is 0.415. The number of hydrogen-bond acceptors (Lipinski definition) is 4. The molecule has 1 saturated heterocycles. The summed E-state index contributed by atoms with van der Waals surface area (Å²) in [6, 6.07) is 8.26.